The van der Waals surface area contributed by atoms with Gasteiger partial charge in [-0.15, -0.1) is 0 Å². The zero-order valence-electron chi connectivity index (χ0n) is 13.5. The normalized spacial score (nSPS) is 16.3. The highest BCUT2D eigenvalue weighted by Crippen LogP contribution is 2.11. The Morgan fingerprint density at radius 2 is 2.04 bits per heavy atom. The van der Waals surface area contributed by atoms with Gasteiger partial charge < -0.3 is 20.6 Å². The van der Waals surface area contributed by atoms with Crippen molar-refractivity contribution in [3.8, 4) is 0 Å². The minimum absolute atomic E-state index is 0.129. The number of aliphatic hydroxyl groups is 1. The lowest BCUT2D eigenvalue weighted by atomic mass is 10.1. The van der Waals surface area contributed by atoms with E-state index in [2.05, 4.69) is 20.4 Å². The Hall–Kier alpha value is -2.38. The zero-order chi connectivity index (χ0) is 17.4. The summed E-state index contributed by atoms with van der Waals surface area (Å²) in [6.45, 7) is 2.35. The average molecular weight is 334 g/mol. The summed E-state index contributed by atoms with van der Waals surface area (Å²) in [5.74, 6) is -0.752. The largest absolute Gasteiger partial charge is 0.383 e. The summed E-state index contributed by atoms with van der Waals surface area (Å²) in [5, 5.41) is 15.3. The van der Waals surface area contributed by atoms with Crippen LogP contribution < -0.4 is 10.6 Å². The maximum absolute atomic E-state index is 12.0. The third kappa shape index (κ3) is 5.36. The monoisotopic (exact) mass is 334 g/mol. The molecule has 1 aliphatic heterocycles. The standard InChI is InChI=1S/C17H22N2O5/c1-12(13-5-3-2-4-6-13)19-17(22)15(20)7-9-18-16(21)14-8-10-23-24-11-14/h2-6,11-12,15,20H,7-10H2,1H3,(H,18,21)(H,19,22). The van der Waals surface area contributed by atoms with E-state index < -0.39 is 12.0 Å². The van der Waals surface area contributed by atoms with E-state index in [1.54, 1.807) is 0 Å². The third-order valence-electron chi connectivity index (χ3n) is 3.67. The van der Waals surface area contributed by atoms with Gasteiger partial charge in [0.25, 0.3) is 5.91 Å². The lowest BCUT2D eigenvalue weighted by Gasteiger charge is -2.18. The van der Waals surface area contributed by atoms with Crippen LogP contribution >= 0.6 is 0 Å². The van der Waals surface area contributed by atoms with Gasteiger partial charge in [-0.05, 0) is 18.9 Å². The van der Waals surface area contributed by atoms with Crippen LogP contribution in [0.2, 0.25) is 0 Å². The summed E-state index contributed by atoms with van der Waals surface area (Å²) in [7, 11) is 0. The molecule has 1 heterocycles. The lowest BCUT2D eigenvalue weighted by molar-refractivity contribution is -0.256. The van der Waals surface area contributed by atoms with Crippen molar-refractivity contribution in [3.05, 3.63) is 47.7 Å². The van der Waals surface area contributed by atoms with Crippen molar-refractivity contribution >= 4 is 11.8 Å². The maximum Gasteiger partial charge on any atom is 0.250 e. The van der Waals surface area contributed by atoms with Crippen LogP contribution in [0.1, 0.15) is 31.4 Å². The van der Waals surface area contributed by atoms with Crippen LogP contribution in [-0.2, 0) is 19.4 Å². The van der Waals surface area contributed by atoms with Crippen molar-refractivity contribution in [2.24, 2.45) is 0 Å². The van der Waals surface area contributed by atoms with Gasteiger partial charge >= 0.3 is 0 Å². The second-order valence-corrected chi connectivity index (χ2v) is 5.51. The molecule has 130 valence electrons. The zero-order valence-corrected chi connectivity index (χ0v) is 13.5. The summed E-state index contributed by atoms with van der Waals surface area (Å²) >= 11 is 0. The van der Waals surface area contributed by atoms with Gasteiger partial charge in [-0.2, -0.15) is 4.89 Å². The Bertz CT molecular complexity index is 588. The molecule has 2 atom stereocenters. The molecule has 1 aromatic rings. The summed E-state index contributed by atoms with van der Waals surface area (Å²) in [6.07, 6.45) is 0.660. The van der Waals surface area contributed by atoms with Gasteiger partial charge in [0.05, 0.1) is 18.2 Å². The first kappa shape index (κ1) is 18.0. The van der Waals surface area contributed by atoms with E-state index in [0.29, 0.717) is 18.6 Å². The molecule has 0 spiro atoms. The molecule has 7 heteroatoms. The molecular formula is C17H22N2O5. The summed E-state index contributed by atoms with van der Waals surface area (Å²) in [4.78, 5) is 33.1. The number of benzene rings is 1. The van der Waals surface area contributed by atoms with Crippen LogP contribution in [0, 0.1) is 0 Å². The minimum Gasteiger partial charge on any atom is -0.383 e. The van der Waals surface area contributed by atoms with Crippen molar-refractivity contribution in [2.75, 3.05) is 13.2 Å². The molecule has 0 radical (unpaired) electrons. The number of nitrogens with one attached hydrogen (secondary N) is 2. The number of carbonyl (C=O) groups is 2. The van der Waals surface area contributed by atoms with Gasteiger partial charge in [0.1, 0.15) is 12.4 Å². The molecule has 2 amide bonds. The summed E-state index contributed by atoms with van der Waals surface area (Å²) in [5.41, 5.74) is 1.43. The molecule has 0 aliphatic carbocycles. The van der Waals surface area contributed by atoms with E-state index >= 15 is 0 Å². The first-order chi connectivity index (χ1) is 11.6. The van der Waals surface area contributed by atoms with Crippen molar-refractivity contribution in [2.45, 2.75) is 31.9 Å². The Morgan fingerprint density at radius 3 is 2.71 bits per heavy atom. The van der Waals surface area contributed by atoms with Crippen LogP contribution in [0.25, 0.3) is 0 Å². The fraction of sp³-hybridized carbons (Fsp3) is 0.412. The van der Waals surface area contributed by atoms with Crippen LogP contribution in [0.3, 0.4) is 0 Å². The SMILES string of the molecule is CC(NC(=O)C(O)CCNC(=O)C1=COOCC1)c1ccccc1. The predicted octanol–water partition coefficient (Wildman–Crippen LogP) is 0.967. The number of hydrogen-bond donors (Lipinski definition) is 3. The summed E-state index contributed by atoms with van der Waals surface area (Å²) < 4.78 is 0. The van der Waals surface area contributed by atoms with Crippen molar-refractivity contribution in [3.63, 3.8) is 0 Å². The van der Waals surface area contributed by atoms with Gasteiger partial charge in [0, 0.05) is 13.0 Å². The van der Waals surface area contributed by atoms with Gasteiger partial charge in [-0.1, -0.05) is 30.3 Å². The molecule has 0 fully saturated rings. The number of carbonyl (C=O) groups excluding carboxylic acids is 2. The quantitative estimate of drug-likeness (QED) is 0.646. The average Bonchev–Trinajstić information content (AvgIpc) is 2.62. The maximum atomic E-state index is 12.0. The van der Waals surface area contributed by atoms with E-state index in [4.69, 9.17) is 0 Å². The number of hydrogen-bond acceptors (Lipinski definition) is 5. The van der Waals surface area contributed by atoms with Gasteiger partial charge in [0.2, 0.25) is 5.91 Å². The number of aliphatic hydroxyl groups excluding tert-OH is 1. The molecule has 24 heavy (non-hydrogen) atoms. The second kappa shape index (κ2) is 9.05. The number of amides is 2. The fourth-order valence-corrected chi connectivity index (χ4v) is 2.22. The Balaban J connectivity index is 1.71. The molecule has 0 bridgehead atoms. The number of rotatable bonds is 7. The Morgan fingerprint density at radius 1 is 1.29 bits per heavy atom. The second-order valence-electron chi connectivity index (χ2n) is 5.51. The minimum atomic E-state index is -1.18. The molecule has 0 saturated heterocycles. The van der Waals surface area contributed by atoms with Crippen molar-refractivity contribution in [1.82, 2.24) is 10.6 Å². The fourth-order valence-electron chi connectivity index (χ4n) is 2.22. The highest BCUT2D eigenvalue weighted by Gasteiger charge is 2.19. The van der Waals surface area contributed by atoms with E-state index in [0.717, 1.165) is 5.56 Å². The molecule has 0 saturated carbocycles. The molecule has 2 unspecified atom stereocenters. The van der Waals surface area contributed by atoms with E-state index in [1.807, 2.05) is 37.3 Å². The highest BCUT2D eigenvalue weighted by atomic mass is 17.2. The predicted molar refractivity (Wildman–Crippen MR) is 86.4 cm³/mol. The topological polar surface area (TPSA) is 96.9 Å². The smallest absolute Gasteiger partial charge is 0.250 e. The van der Waals surface area contributed by atoms with Crippen LogP contribution in [0.5, 0.6) is 0 Å². The van der Waals surface area contributed by atoms with E-state index in [1.165, 1.54) is 6.26 Å². The van der Waals surface area contributed by atoms with Gasteiger partial charge in [-0.3, -0.25) is 9.59 Å². The van der Waals surface area contributed by atoms with Gasteiger partial charge in [0.15, 0.2) is 0 Å². The molecule has 7 nitrogen and oxygen atoms in total. The van der Waals surface area contributed by atoms with Crippen molar-refractivity contribution in [1.29, 1.82) is 0 Å². The molecule has 3 N–H and O–H groups in total. The Kier molecular flexibility index (Phi) is 6.77. The first-order valence-corrected chi connectivity index (χ1v) is 7.87. The van der Waals surface area contributed by atoms with Crippen LogP contribution in [-0.4, -0.2) is 36.2 Å². The van der Waals surface area contributed by atoms with E-state index in [9.17, 15) is 14.7 Å². The Labute approximate surface area is 140 Å². The summed E-state index contributed by atoms with van der Waals surface area (Å²) in [6, 6.07) is 9.28. The highest BCUT2D eigenvalue weighted by molar-refractivity contribution is 5.93. The van der Waals surface area contributed by atoms with Crippen molar-refractivity contribution < 1.29 is 24.5 Å². The molecular weight excluding hydrogens is 312 g/mol. The molecule has 1 aromatic carbocycles. The molecule has 0 aromatic heterocycles. The lowest BCUT2D eigenvalue weighted by Crippen LogP contribution is -2.38. The van der Waals surface area contributed by atoms with Crippen LogP contribution in [0.4, 0.5) is 0 Å². The van der Waals surface area contributed by atoms with Crippen LogP contribution in [0.15, 0.2) is 42.2 Å². The van der Waals surface area contributed by atoms with Gasteiger partial charge in [-0.25, -0.2) is 0 Å². The molecule has 1 aliphatic rings. The molecule has 2 rings (SSSR count). The third-order valence-corrected chi connectivity index (χ3v) is 3.67. The van der Waals surface area contributed by atoms with E-state index in [-0.39, 0.29) is 24.9 Å². The first-order valence-electron chi connectivity index (χ1n) is 7.87.